The smallest absolute Gasteiger partial charge is 0.185 e. The molecule has 18 heavy (non-hydrogen) atoms. The molecule has 0 saturated heterocycles. The van der Waals surface area contributed by atoms with Crippen molar-refractivity contribution in [1.29, 1.82) is 0 Å². The van der Waals surface area contributed by atoms with Gasteiger partial charge in [0.05, 0.1) is 0 Å². The van der Waals surface area contributed by atoms with Crippen molar-refractivity contribution >= 4 is 28.3 Å². The molecule has 0 aliphatic heterocycles. The van der Waals surface area contributed by atoms with Crippen LogP contribution in [0, 0.1) is 5.92 Å². The van der Waals surface area contributed by atoms with E-state index < -0.39 is 0 Å². The summed E-state index contributed by atoms with van der Waals surface area (Å²) in [6.07, 6.45) is 11.3. The number of anilines is 1. The Balaban J connectivity index is 1.94. The minimum Gasteiger partial charge on any atom is -0.354 e. The molecule has 0 amide bonds. The third-order valence-electron chi connectivity index (χ3n) is 3.31. The van der Waals surface area contributed by atoms with E-state index in [1.807, 2.05) is 31.3 Å². The van der Waals surface area contributed by atoms with Gasteiger partial charge in [-0.05, 0) is 25.0 Å². The van der Waals surface area contributed by atoms with Crippen molar-refractivity contribution in [2.24, 2.45) is 5.92 Å². The maximum atomic E-state index is 12.0. The lowest BCUT2D eigenvalue weighted by molar-refractivity contribution is -0.119. The van der Waals surface area contributed by atoms with E-state index in [4.69, 9.17) is 0 Å². The van der Waals surface area contributed by atoms with E-state index in [0.29, 0.717) is 0 Å². The third-order valence-corrected chi connectivity index (χ3v) is 4.44. The molecule has 0 aromatic carbocycles. The van der Waals surface area contributed by atoms with Gasteiger partial charge in [-0.1, -0.05) is 30.6 Å². The number of rotatable bonds is 4. The molecule has 0 spiro atoms. The average Bonchev–Trinajstić information content (AvgIpc) is 2.86. The molecule has 3 nitrogen and oxygen atoms in total. The Morgan fingerprint density at radius 1 is 1.39 bits per heavy atom. The van der Waals surface area contributed by atoms with Crippen molar-refractivity contribution in [3.63, 3.8) is 0 Å². The van der Waals surface area contributed by atoms with Gasteiger partial charge >= 0.3 is 0 Å². The SMILES string of the molecule is CN(C)c1ncc(/C=C/C(=O)C2CCCCC2)s1. The van der Waals surface area contributed by atoms with Gasteiger partial charge in [0, 0.05) is 31.1 Å². The van der Waals surface area contributed by atoms with Crippen LogP contribution in [0.2, 0.25) is 0 Å². The summed E-state index contributed by atoms with van der Waals surface area (Å²) in [7, 11) is 3.94. The molecule has 1 saturated carbocycles. The van der Waals surface area contributed by atoms with E-state index in [1.165, 1.54) is 19.3 Å². The zero-order chi connectivity index (χ0) is 13.0. The van der Waals surface area contributed by atoms with E-state index in [2.05, 4.69) is 4.98 Å². The second kappa shape index (κ2) is 6.14. The fraction of sp³-hybridized carbons (Fsp3) is 0.571. The molecule has 1 aromatic rings. The van der Waals surface area contributed by atoms with Crippen LogP contribution in [-0.4, -0.2) is 24.9 Å². The fourth-order valence-corrected chi connectivity index (χ4v) is 2.99. The standard InChI is InChI=1S/C14H20N2OS/c1-16(2)14-15-10-12(18-14)8-9-13(17)11-6-4-3-5-7-11/h8-11H,3-7H2,1-2H3/b9-8+. The molecule has 1 aliphatic carbocycles. The van der Waals surface area contributed by atoms with Crippen molar-refractivity contribution in [2.75, 3.05) is 19.0 Å². The summed E-state index contributed by atoms with van der Waals surface area (Å²) in [6, 6.07) is 0. The predicted molar refractivity (Wildman–Crippen MR) is 77.1 cm³/mol. The lowest BCUT2D eigenvalue weighted by Gasteiger charge is -2.18. The Labute approximate surface area is 113 Å². The monoisotopic (exact) mass is 264 g/mol. The summed E-state index contributed by atoms with van der Waals surface area (Å²) < 4.78 is 0. The van der Waals surface area contributed by atoms with Crippen LogP contribution < -0.4 is 4.90 Å². The molecule has 1 fully saturated rings. The first-order chi connectivity index (χ1) is 8.66. The minimum atomic E-state index is 0.260. The first-order valence-electron chi connectivity index (χ1n) is 6.52. The van der Waals surface area contributed by atoms with E-state index >= 15 is 0 Å². The van der Waals surface area contributed by atoms with Crippen LogP contribution in [0.4, 0.5) is 5.13 Å². The lowest BCUT2D eigenvalue weighted by Crippen LogP contribution is -2.15. The summed E-state index contributed by atoms with van der Waals surface area (Å²) >= 11 is 1.61. The molecule has 2 rings (SSSR count). The second-order valence-corrected chi connectivity index (χ2v) is 6.05. The third kappa shape index (κ3) is 3.42. The van der Waals surface area contributed by atoms with Gasteiger partial charge in [-0.15, -0.1) is 0 Å². The molecule has 0 N–H and O–H groups in total. The first-order valence-corrected chi connectivity index (χ1v) is 7.33. The summed E-state index contributed by atoms with van der Waals surface area (Å²) in [5.41, 5.74) is 0. The maximum absolute atomic E-state index is 12.0. The van der Waals surface area contributed by atoms with E-state index in [-0.39, 0.29) is 11.7 Å². The number of allylic oxidation sites excluding steroid dienone is 1. The highest BCUT2D eigenvalue weighted by atomic mass is 32.1. The van der Waals surface area contributed by atoms with Crippen LogP contribution in [0.15, 0.2) is 12.3 Å². The van der Waals surface area contributed by atoms with Gasteiger partial charge in [0.2, 0.25) is 0 Å². The van der Waals surface area contributed by atoms with Crippen LogP contribution >= 0.6 is 11.3 Å². The first kappa shape index (κ1) is 13.3. The van der Waals surface area contributed by atoms with Crippen LogP contribution in [0.5, 0.6) is 0 Å². The van der Waals surface area contributed by atoms with E-state index in [1.54, 1.807) is 17.4 Å². The maximum Gasteiger partial charge on any atom is 0.185 e. The van der Waals surface area contributed by atoms with Crippen LogP contribution in [0.25, 0.3) is 6.08 Å². The summed E-state index contributed by atoms with van der Waals surface area (Å²) in [6.45, 7) is 0. The van der Waals surface area contributed by atoms with Crippen molar-refractivity contribution in [3.8, 4) is 0 Å². The molecule has 1 heterocycles. The van der Waals surface area contributed by atoms with Gasteiger partial charge in [-0.25, -0.2) is 4.98 Å². The Bertz CT molecular complexity index is 431. The molecule has 1 aromatic heterocycles. The van der Waals surface area contributed by atoms with Gasteiger partial charge < -0.3 is 4.90 Å². The predicted octanol–water partition coefficient (Wildman–Crippen LogP) is 3.37. The average molecular weight is 264 g/mol. The van der Waals surface area contributed by atoms with Gasteiger partial charge in [-0.3, -0.25) is 4.79 Å². The molecule has 98 valence electrons. The number of ketones is 1. The highest BCUT2D eigenvalue weighted by molar-refractivity contribution is 7.16. The summed E-state index contributed by atoms with van der Waals surface area (Å²) in [4.78, 5) is 19.3. The fourth-order valence-electron chi connectivity index (χ4n) is 2.25. The van der Waals surface area contributed by atoms with Gasteiger partial charge in [0.1, 0.15) is 0 Å². The molecule has 0 bridgehead atoms. The zero-order valence-corrected chi connectivity index (χ0v) is 11.9. The molecule has 0 radical (unpaired) electrons. The zero-order valence-electron chi connectivity index (χ0n) is 11.1. The Morgan fingerprint density at radius 3 is 2.72 bits per heavy atom. The number of thiazole rings is 1. The quantitative estimate of drug-likeness (QED) is 0.782. The lowest BCUT2D eigenvalue weighted by atomic mass is 9.86. The highest BCUT2D eigenvalue weighted by Crippen LogP contribution is 2.26. The number of hydrogen-bond donors (Lipinski definition) is 0. The van der Waals surface area contributed by atoms with Crippen molar-refractivity contribution < 1.29 is 4.79 Å². The Morgan fingerprint density at radius 2 is 2.11 bits per heavy atom. The normalized spacial score (nSPS) is 17.2. The number of hydrogen-bond acceptors (Lipinski definition) is 4. The van der Waals surface area contributed by atoms with Crippen molar-refractivity contribution in [3.05, 3.63) is 17.2 Å². The van der Waals surface area contributed by atoms with Gasteiger partial charge in [-0.2, -0.15) is 0 Å². The molecule has 0 unspecified atom stereocenters. The van der Waals surface area contributed by atoms with Crippen LogP contribution in [-0.2, 0) is 4.79 Å². The number of aromatic nitrogens is 1. The number of carbonyl (C=O) groups excluding carboxylic acids is 1. The van der Waals surface area contributed by atoms with Gasteiger partial charge in [0.25, 0.3) is 0 Å². The Kier molecular flexibility index (Phi) is 4.53. The summed E-state index contributed by atoms with van der Waals surface area (Å²) in [5.74, 6) is 0.547. The molecular formula is C14H20N2OS. The second-order valence-electron chi connectivity index (χ2n) is 5.01. The van der Waals surface area contributed by atoms with Crippen LogP contribution in [0.3, 0.4) is 0 Å². The Hall–Kier alpha value is -1.16. The largest absolute Gasteiger partial charge is 0.354 e. The van der Waals surface area contributed by atoms with Crippen molar-refractivity contribution in [1.82, 2.24) is 4.98 Å². The van der Waals surface area contributed by atoms with Gasteiger partial charge in [0.15, 0.2) is 10.9 Å². The molecule has 1 aliphatic rings. The van der Waals surface area contributed by atoms with E-state index in [0.717, 1.165) is 22.9 Å². The molecule has 4 heteroatoms. The number of nitrogens with zero attached hydrogens (tertiary/aromatic N) is 2. The van der Waals surface area contributed by atoms with E-state index in [9.17, 15) is 4.79 Å². The van der Waals surface area contributed by atoms with Crippen molar-refractivity contribution in [2.45, 2.75) is 32.1 Å². The summed E-state index contributed by atoms with van der Waals surface area (Å²) in [5, 5.41) is 0.972. The minimum absolute atomic E-state index is 0.260. The highest BCUT2D eigenvalue weighted by Gasteiger charge is 2.18. The molecular weight excluding hydrogens is 244 g/mol. The topological polar surface area (TPSA) is 33.2 Å². The molecule has 0 atom stereocenters. The van der Waals surface area contributed by atoms with Crippen LogP contribution in [0.1, 0.15) is 37.0 Å². The number of carbonyl (C=O) groups is 1.